The minimum absolute atomic E-state index is 0.501. The van der Waals surface area contributed by atoms with E-state index in [4.69, 9.17) is 9.79 Å². The predicted molar refractivity (Wildman–Crippen MR) is 66.9 cm³/mol. The molecule has 96 valence electrons. The van der Waals surface area contributed by atoms with Gasteiger partial charge in [-0.3, -0.25) is 4.52 Å². The van der Waals surface area contributed by atoms with Crippen molar-refractivity contribution in [1.29, 1.82) is 0 Å². The molecule has 0 aliphatic carbocycles. The van der Waals surface area contributed by atoms with Crippen LogP contribution in [0.1, 0.15) is 11.7 Å². The van der Waals surface area contributed by atoms with Gasteiger partial charge in [0.1, 0.15) is 6.10 Å². The lowest BCUT2D eigenvalue weighted by Crippen LogP contribution is -2.08. The summed E-state index contributed by atoms with van der Waals surface area (Å²) < 4.78 is 15.5. The van der Waals surface area contributed by atoms with Crippen LogP contribution in [0.15, 0.2) is 42.5 Å². The first kappa shape index (κ1) is 13.2. The van der Waals surface area contributed by atoms with Crippen molar-refractivity contribution in [3.8, 4) is 0 Å². The Balaban J connectivity index is 2.48. The Morgan fingerprint density at radius 1 is 1.11 bits per heavy atom. The molecule has 2 aromatic carbocycles. The summed E-state index contributed by atoms with van der Waals surface area (Å²) in [5.41, 5.74) is 0.555. The zero-order chi connectivity index (χ0) is 13.2. The van der Waals surface area contributed by atoms with E-state index in [-0.39, 0.29) is 0 Å². The maximum atomic E-state index is 10.9. The molecule has 0 aliphatic heterocycles. The fraction of sp³-hybridized carbons (Fsp3) is 0.167. The average Bonchev–Trinajstić information content (AvgIpc) is 2.34. The second-order valence-corrected chi connectivity index (χ2v) is 5.03. The molecule has 0 heterocycles. The smallest absolute Gasteiger partial charge is 0.393 e. The number of hydrogen-bond donors (Lipinski definition) is 3. The Labute approximate surface area is 104 Å². The number of hydrogen-bond acceptors (Lipinski definition) is 3. The molecule has 0 saturated carbocycles. The van der Waals surface area contributed by atoms with Crippen LogP contribution in [0.25, 0.3) is 10.8 Å². The van der Waals surface area contributed by atoms with Gasteiger partial charge < -0.3 is 14.9 Å². The summed E-state index contributed by atoms with van der Waals surface area (Å²) in [4.78, 5) is 17.7. The fourth-order valence-corrected chi connectivity index (χ4v) is 2.40. The third-order valence-corrected chi connectivity index (χ3v) is 3.13. The molecule has 0 fully saturated rings. The van der Waals surface area contributed by atoms with E-state index in [2.05, 4.69) is 4.52 Å². The van der Waals surface area contributed by atoms with E-state index in [0.29, 0.717) is 5.56 Å². The van der Waals surface area contributed by atoms with Gasteiger partial charge in [0.15, 0.2) is 0 Å². The van der Waals surface area contributed by atoms with Gasteiger partial charge in [0.25, 0.3) is 0 Å². The molecule has 0 bridgehead atoms. The SMILES string of the molecule is O=P(O)(O)OC(CO)c1cccc2ccccc12. The van der Waals surface area contributed by atoms with Gasteiger partial charge in [0, 0.05) is 0 Å². The number of aliphatic hydroxyl groups is 1. The Bertz CT molecular complexity index is 587. The molecule has 2 rings (SSSR count). The second-order valence-electron chi connectivity index (χ2n) is 3.84. The number of rotatable bonds is 4. The molecule has 5 nitrogen and oxygen atoms in total. The number of phosphoric ester groups is 1. The van der Waals surface area contributed by atoms with E-state index in [9.17, 15) is 9.67 Å². The Morgan fingerprint density at radius 3 is 2.44 bits per heavy atom. The van der Waals surface area contributed by atoms with Crippen LogP contribution in [0.3, 0.4) is 0 Å². The highest BCUT2D eigenvalue weighted by Crippen LogP contribution is 2.43. The van der Waals surface area contributed by atoms with Crippen LogP contribution in [0, 0.1) is 0 Å². The summed E-state index contributed by atoms with van der Waals surface area (Å²) in [6.07, 6.45) is -1.04. The van der Waals surface area contributed by atoms with Crippen molar-refractivity contribution < 1.29 is 24.0 Å². The van der Waals surface area contributed by atoms with Crippen molar-refractivity contribution in [2.75, 3.05) is 6.61 Å². The van der Waals surface area contributed by atoms with Crippen LogP contribution in [-0.4, -0.2) is 21.5 Å². The Kier molecular flexibility index (Phi) is 3.80. The summed E-state index contributed by atoms with van der Waals surface area (Å²) in [5.74, 6) is 0. The first-order valence-electron chi connectivity index (χ1n) is 5.34. The van der Waals surface area contributed by atoms with Crippen LogP contribution in [0.2, 0.25) is 0 Å². The number of aliphatic hydroxyl groups excluding tert-OH is 1. The van der Waals surface area contributed by atoms with Gasteiger partial charge in [-0.05, 0) is 16.3 Å². The number of fused-ring (bicyclic) bond motifs is 1. The Morgan fingerprint density at radius 2 is 1.78 bits per heavy atom. The summed E-state index contributed by atoms with van der Waals surface area (Å²) >= 11 is 0. The lowest BCUT2D eigenvalue weighted by molar-refractivity contribution is 0.0811. The zero-order valence-corrected chi connectivity index (χ0v) is 10.3. The normalized spacial score (nSPS) is 13.7. The molecule has 0 aromatic heterocycles. The molecule has 3 N–H and O–H groups in total. The van der Waals surface area contributed by atoms with E-state index >= 15 is 0 Å². The number of benzene rings is 2. The maximum Gasteiger partial charge on any atom is 0.470 e. The molecule has 0 radical (unpaired) electrons. The molecule has 18 heavy (non-hydrogen) atoms. The highest BCUT2D eigenvalue weighted by Gasteiger charge is 2.24. The standard InChI is InChI=1S/C12H13O5P/c13-8-12(17-18(14,15)16)11-7-3-5-9-4-1-2-6-10(9)11/h1-7,12-13H,8H2,(H2,14,15,16). The van der Waals surface area contributed by atoms with Crippen molar-refractivity contribution >= 4 is 18.6 Å². The van der Waals surface area contributed by atoms with Crippen molar-refractivity contribution in [2.24, 2.45) is 0 Å². The van der Waals surface area contributed by atoms with Crippen LogP contribution < -0.4 is 0 Å². The van der Waals surface area contributed by atoms with Gasteiger partial charge in [-0.1, -0.05) is 42.5 Å². The van der Waals surface area contributed by atoms with Crippen LogP contribution in [-0.2, 0) is 9.09 Å². The first-order valence-corrected chi connectivity index (χ1v) is 6.87. The number of phosphoric acid groups is 1. The van der Waals surface area contributed by atoms with Crippen molar-refractivity contribution in [3.05, 3.63) is 48.0 Å². The molecule has 0 aliphatic rings. The quantitative estimate of drug-likeness (QED) is 0.738. The Hall–Kier alpha value is -1.23. The largest absolute Gasteiger partial charge is 0.470 e. The van der Waals surface area contributed by atoms with E-state index in [1.807, 2.05) is 30.3 Å². The van der Waals surface area contributed by atoms with Crippen molar-refractivity contribution in [2.45, 2.75) is 6.10 Å². The van der Waals surface area contributed by atoms with Gasteiger partial charge in [-0.2, -0.15) is 0 Å². The third-order valence-electron chi connectivity index (χ3n) is 2.60. The van der Waals surface area contributed by atoms with Gasteiger partial charge in [0.2, 0.25) is 0 Å². The predicted octanol–water partition coefficient (Wildman–Crippen LogP) is 1.98. The highest BCUT2D eigenvalue weighted by atomic mass is 31.2. The molecule has 1 atom stereocenters. The minimum Gasteiger partial charge on any atom is -0.393 e. The lowest BCUT2D eigenvalue weighted by Gasteiger charge is -2.18. The fourth-order valence-electron chi connectivity index (χ4n) is 1.89. The maximum absolute atomic E-state index is 10.9. The summed E-state index contributed by atoms with van der Waals surface area (Å²) in [5, 5.41) is 11.0. The van der Waals surface area contributed by atoms with Crippen LogP contribution in [0.5, 0.6) is 0 Å². The molecular formula is C12H13O5P. The molecule has 0 amide bonds. The minimum atomic E-state index is -4.64. The molecule has 2 aromatic rings. The zero-order valence-electron chi connectivity index (χ0n) is 9.43. The van der Waals surface area contributed by atoms with E-state index in [1.165, 1.54) is 0 Å². The molecule has 1 unspecified atom stereocenters. The highest BCUT2D eigenvalue weighted by molar-refractivity contribution is 7.46. The van der Waals surface area contributed by atoms with Crippen LogP contribution >= 0.6 is 7.82 Å². The summed E-state index contributed by atoms with van der Waals surface area (Å²) in [7, 11) is -4.64. The topological polar surface area (TPSA) is 87.0 Å². The van der Waals surface area contributed by atoms with Gasteiger partial charge >= 0.3 is 7.82 Å². The van der Waals surface area contributed by atoms with E-state index < -0.39 is 20.5 Å². The summed E-state index contributed by atoms with van der Waals surface area (Å²) in [6.45, 7) is -0.501. The molecule has 0 spiro atoms. The molecular weight excluding hydrogens is 255 g/mol. The average molecular weight is 268 g/mol. The monoisotopic (exact) mass is 268 g/mol. The lowest BCUT2D eigenvalue weighted by atomic mass is 10.0. The third kappa shape index (κ3) is 2.96. The molecule has 0 saturated heterocycles. The van der Waals surface area contributed by atoms with Crippen LogP contribution in [0.4, 0.5) is 0 Å². The van der Waals surface area contributed by atoms with Gasteiger partial charge in [-0.15, -0.1) is 0 Å². The summed E-state index contributed by atoms with van der Waals surface area (Å²) in [6, 6.07) is 12.7. The van der Waals surface area contributed by atoms with E-state index in [1.54, 1.807) is 12.1 Å². The van der Waals surface area contributed by atoms with Gasteiger partial charge in [-0.25, -0.2) is 4.57 Å². The van der Waals surface area contributed by atoms with Crippen molar-refractivity contribution in [3.63, 3.8) is 0 Å². The van der Waals surface area contributed by atoms with E-state index in [0.717, 1.165) is 10.8 Å². The van der Waals surface area contributed by atoms with Crippen molar-refractivity contribution in [1.82, 2.24) is 0 Å². The van der Waals surface area contributed by atoms with Gasteiger partial charge in [0.05, 0.1) is 6.61 Å². The first-order chi connectivity index (χ1) is 8.51. The molecule has 6 heteroatoms. The second kappa shape index (κ2) is 5.18.